The fraction of sp³-hybridized carbons (Fsp3) is 1.00. The minimum absolute atomic E-state index is 0.484. The molecule has 0 aliphatic carbocycles. The summed E-state index contributed by atoms with van der Waals surface area (Å²) < 4.78 is 0. The number of rotatable bonds is 8. The predicted octanol–water partition coefficient (Wildman–Crippen LogP) is 4.25. The molecule has 0 radical (unpaired) electrons. The molecule has 5 unspecified atom stereocenters. The fourth-order valence-electron chi connectivity index (χ4n) is 0.898. The molecular formula is C7H21P5. The van der Waals surface area contributed by atoms with E-state index in [-0.39, 0.29) is 0 Å². The molecule has 12 heavy (non-hydrogen) atoms. The van der Waals surface area contributed by atoms with E-state index in [1.807, 2.05) is 0 Å². The van der Waals surface area contributed by atoms with Gasteiger partial charge in [0, 0.05) is 0 Å². The lowest BCUT2D eigenvalue weighted by atomic mass is 11.0. The summed E-state index contributed by atoms with van der Waals surface area (Å²) in [7, 11) is 5.47. The second-order valence-corrected chi connectivity index (χ2v) is 13.3. The summed E-state index contributed by atoms with van der Waals surface area (Å²) in [5.41, 5.74) is 0. The quantitative estimate of drug-likeness (QED) is 0.452. The van der Waals surface area contributed by atoms with Gasteiger partial charge in [-0.1, -0.05) is 22.8 Å². The smallest absolute Gasteiger partial charge is 0.0105 e. The molecule has 0 saturated heterocycles. The first-order valence-corrected chi connectivity index (χ1v) is 12.9. The van der Waals surface area contributed by atoms with Crippen LogP contribution in [0, 0.1) is 0 Å². The Bertz CT molecular complexity index is 81.9. The van der Waals surface area contributed by atoms with Crippen LogP contribution in [0.2, 0.25) is 0 Å². The molecule has 0 heterocycles. The molecule has 0 bridgehead atoms. The van der Waals surface area contributed by atoms with E-state index in [1.54, 1.807) is 11.8 Å². The van der Waals surface area contributed by atoms with Gasteiger partial charge in [-0.15, -0.1) is 25.7 Å². The lowest BCUT2D eigenvalue weighted by molar-refractivity contribution is 1.53. The van der Waals surface area contributed by atoms with Gasteiger partial charge < -0.3 is 0 Å². The normalized spacial score (nSPS) is 17.2. The van der Waals surface area contributed by atoms with Crippen molar-refractivity contribution >= 4 is 41.6 Å². The number of hydrogen-bond acceptors (Lipinski definition) is 0. The highest BCUT2D eigenvalue weighted by Gasteiger charge is 2.03. The van der Waals surface area contributed by atoms with Crippen LogP contribution in [0.3, 0.4) is 0 Å². The summed E-state index contributed by atoms with van der Waals surface area (Å²) in [6.45, 7) is 7.04. The van der Waals surface area contributed by atoms with Crippen LogP contribution in [-0.2, 0) is 0 Å². The molecule has 5 heteroatoms. The van der Waals surface area contributed by atoms with E-state index >= 15 is 0 Å². The lowest BCUT2D eigenvalue weighted by Crippen LogP contribution is -1.75. The van der Waals surface area contributed by atoms with Crippen LogP contribution in [0.25, 0.3) is 0 Å². The molecular weight excluding hydrogens is 239 g/mol. The molecule has 0 aromatic heterocycles. The van der Waals surface area contributed by atoms with E-state index in [0.29, 0.717) is 7.61 Å². The van der Waals surface area contributed by atoms with E-state index in [0.717, 1.165) is 0 Å². The van der Waals surface area contributed by atoms with Crippen LogP contribution in [0.4, 0.5) is 0 Å². The van der Waals surface area contributed by atoms with E-state index in [9.17, 15) is 0 Å². The minimum Gasteiger partial charge on any atom is -0.121 e. The Morgan fingerprint density at radius 3 is 2.33 bits per heavy atom. The van der Waals surface area contributed by atoms with Gasteiger partial charge in [0.2, 0.25) is 0 Å². The standard InChI is InChI=1S/C7H21P5/c1-4-11-12(6-9-3)7-10-5-8-2/h8-11H,4-7H2,1-3H3. The van der Waals surface area contributed by atoms with Crippen LogP contribution in [0.1, 0.15) is 6.92 Å². The molecule has 0 aromatic rings. The molecule has 74 valence electrons. The van der Waals surface area contributed by atoms with Crippen molar-refractivity contribution in [1.29, 1.82) is 0 Å². The van der Waals surface area contributed by atoms with Gasteiger partial charge in [0.15, 0.2) is 0 Å². The van der Waals surface area contributed by atoms with Crippen LogP contribution in [-0.4, -0.2) is 37.2 Å². The SMILES string of the molecule is CCPP(CPC)CPCPC. The highest BCUT2D eigenvalue weighted by Crippen LogP contribution is 2.60. The second-order valence-electron chi connectivity index (χ2n) is 2.50. The van der Waals surface area contributed by atoms with Crippen LogP contribution in [0.5, 0.6) is 0 Å². The fourth-order valence-corrected chi connectivity index (χ4v) is 14.5. The Morgan fingerprint density at radius 1 is 1.08 bits per heavy atom. The zero-order valence-corrected chi connectivity index (χ0v) is 13.2. The van der Waals surface area contributed by atoms with Crippen molar-refractivity contribution in [3.05, 3.63) is 0 Å². The van der Waals surface area contributed by atoms with Crippen LogP contribution < -0.4 is 0 Å². The van der Waals surface area contributed by atoms with Crippen molar-refractivity contribution < 1.29 is 0 Å². The molecule has 0 rings (SSSR count). The summed E-state index contributed by atoms with van der Waals surface area (Å²) in [5.74, 6) is 4.69. The van der Waals surface area contributed by atoms with E-state index in [1.165, 1.54) is 46.1 Å². The zero-order valence-electron chi connectivity index (χ0n) is 8.28. The van der Waals surface area contributed by atoms with Gasteiger partial charge in [-0.25, -0.2) is 0 Å². The van der Waals surface area contributed by atoms with Crippen LogP contribution in [0.15, 0.2) is 0 Å². The molecule has 5 atom stereocenters. The average molecular weight is 260 g/mol. The van der Waals surface area contributed by atoms with Crippen molar-refractivity contribution in [3.63, 3.8) is 0 Å². The largest absolute Gasteiger partial charge is 0.121 e. The van der Waals surface area contributed by atoms with E-state index < -0.39 is 0 Å². The minimum atomic E-state index is 0.484. The summed E-state index contributed by atoms with van der Waals surface area (Å²) in [6.07, 6.45) is 1.44. The number of hydrogen-bond donors (Lipinski definition) is 0. The summed E-state index contributed by atoms with van der Waals surface area (Å²) in [5, 5.41) is 0. The second kappa shape index (κ2) is 11.2. The summed E-state index contributed by atoms with van der Waals surface area (Å²) >= 11 is 0. The van der Waals surface area contributed by atoms with Gasteiger partial charge in [-0.05, 0) is 37.2 Å². The van der Waals surface area contributed by atoms with Gasteiger partial charge in [-0.3, -0.25) is 0 Å². The molecule has 0 saturated carbocycles. The van der Waals surface area contributed by atoms with Crippen molar-refractivity contribution in [2.45, 2.75) is 6.92 Å². The Labute approximate surface area is 86.0 Å². The predicted molar refractivity (Wildman–Crippen MR) is 77.2 cm³/mol. The molecule has 0 aliphatic heterocycles. The third-order valence-corrected chi connectivity index (χ3v) is 14.9. The maximum atomic E-state index is 2.36. The molecule has 0 aliphatic rings. The topological polar surface area (TPSA) is 0 Å². The average Bonchev–Trinajstić information content (AvgIpc) is 2.06. The molecule has 0 nitrogen and oxygen atoms in total. The van der Waals surface area contributed by atoms with Crippen molar-refractivity contribution in [1.82, 2.24) is 0 Å². The van der Waals surface area contributed by atoms with Gasteiger partial charge >= 0.3 is 0 Å². The van der Waals surface area contributed by atoms with Crippen molar-refractivity contribution in [3.8, 4) is 0 Å². The Morgan fingerprint density at radius 2 is 1.83 bits per heavy atom. The first-order valence-electron chi connectivity index (χ1n) is 4.33. The molecule has 0 amide bonds. The molecule has 0 spiro atoms. The van der Waals surface area contributed by atoms with Crippen molar-refractivity contribution in [2.24, 2.45) is 0 Å². The van der Waals surface area contributed by atoms with Gasteiger partial charge in [-0.2, -0.15) is 0 Å². The third-order valence-electron chi connectivity index (χ3n) is 1.34. The Balaban J connectivity index is 3.34. The first kappa shape index (κ1) is 14.2. The van der Waals surface area contributed by atoms with Gasteiger partial charge in [0.05, 0.1) is 0 Å². The third kappa shape index (κ3) is 8.74. The highest BCUT2D eigenvalue weighted by atomic mass is 32.1. The maximum Gasteiger partial charge on any atom is -0.0105 e. The Hall–Kier alpha value is 2.15. The monoisotopic (exact) mass is 260 g/mol. The molecule has 0 aromatic carbocycles. The van der Waals surface area contributed by atoms with Crippen molar-refractivity contribution in [2.75, 3.05) is 37.2 Å². The lowest BCUT2D eigenvalue weighted by Gasteiger charge is -2.15. The maximum absolute atomic E-state index is 2.36. The van der Waals surface area contributed by atoms with E-state index in [4.69, 9.17) is 0 Å². The van der Waals surface area contributed by atoms with E-state index in [2.05, 4.69) is 20.3 Å². The first-order chi connectivity index (χ1) is 5.85. The van der Waals surface area contributed by atoms with Gasteiger partial charge in [0.25, 0.3) is 0 Å². The zero-order chi connectivity index (χ0) is 9.23. The molecule has 0 fully saturated rings. The summed E-state index contributed by atoms with van der Waals surface area (Å²) in [6, 6.07) is 0. The van der Waals surface area contributed by atoms with Crippen LogP contribution >= 0.6 is 41.6 Å². The molecule has 0 N–H and O–H groups in total. The highest BCUT2D eigenvalue weighted by molar-refractivity contribution is 8.24. The van der Waals surface area contributed by atoms with Gasteiger partial charge in [0.1, 0.15) is 0 Å². The summed E-state index contributed by atoms with van der Waals surface area (Å²) in [4.78, 5) is 0. The Kier molecular flexibility index (Phi) is 13.2.